The zero-order valence-corrected chi connectivity index (χ0v) is 9.94. The Morgan fingerprint density at radius 2 is 2.19 bits per heavy atom. The van der Waals surface area contributed by atoms with Crippen LogP contribution in [0.2, 0.25) is 0 Å². The van der Waals surface area contributed by atoms with Gasteiger partial charge in [0.1, 0.15) is 5.69 Å². The first-order valence-electron chi connectivity index (χ1n) is 5.69. The van der Waals surface area contributed by atoms with Crippen LogP contribution in [0.15, 0.2) is 18.3 Å². The van der Waals surface area contributed by atoms with Crippen LogP contribution in [0.4, 0.5) is 0 Å². The van der Waals surface area contributed by atoms with Crippen molar-refractivity contribution in [3.63, 3.8) is 0 Å². The number of hydrogen-bond acceptors (Lipinski definition) is 3. The first kappa shape index (κ1) is 12.8. The molecule has 0 aliphatic carbocycles. The Bertz CT molecular complexity index is 320. The molecule has 0 N–H and O–H groups in total. The number of carbonyl (C=O) groups is 1. The number of nitrogens with zero attached hydrogens (tertiary/aromatic N) is 1. The van der Waals surface area contributed by atoms with Gasteiger partial charge in [0.15, 0.2) is 0 Å². The van der Waals surface area contributed by atoms with Crippen molar-refractivity contribution in [2.24, 2.45) is 0 Å². The molecule has 0 spiro atoms. The lowest BCUT2D eigenvalue weighted by molar-refractivity contribution is 0.0510. The van der Waals surface area contributed by atoms with E-state index in [1.165, 1.54) is 0 Å². The minimum Gasteiger partial charge on any atom is -0.461 e. The summed E-state index contributed by atoms with van der Waals surface area (Å²) in [5, 5.41) is 0. The van der Waals surface area contributed by atoms with Crippen molar-refractivity contribution in [1.82, 2.24) is 4.57 Å². The fourth-order valence-electron chi connectivity index (χ4n) is 1.41. The molecule has 1 aromatic heterocycles. The molecule has 0 unspecified atom stereocenters. The van der Waals surface area contributed by atoms with E-state index in [0.717, 1.165) is 13.0 Å². The highest BCUT2D eigenvalue weighted by Crippen LogP contribution is 2.04. The molecule has 1 aromatic rings. The van der Waals surface area contributed by atoms with Crippen molar-refractivity contribution in [1.29, 1.82) is 0 Å². The van der Waals surface area contributed by atoms with Crippen LogP contribution in [0, 0.1) is 0 Å². The molecule has 1 rings (SSSR count). The molecule has 1 heterocycles. The van der Waals surface area contributed by atoms with Gasteiger partial charge in [-0.1, -0.05) is 6.92 Å². The predicted molar refractivity (Wildman–Crippen MR) is 61.5 cm³/mol. The fourth-order valence-corrected chi connectivity index (χ4v) is 1.41. The van der Waals surface area contributed by atoms with Crippen molar-refractivity contribution in [3.05, 3.63) is 24.0 Å². The van der Waals surface area contributed by atoms with Crippen LogP contribution in [0.3, 0.4) is 0 Å². The normalized spacial score (nSPS) is 10.4. The van der Waals surface area contributed by atoms with E-state index >= 15 is 0 Å². The van der Waals surface area contributed by atoms with Gasteiger partial charge in [0.25, 0.3) is 0 Å². The topological polar surface area (TPSA) is 40.5 Å². The van der Waals surface area contributed by atoms with Crippen LogP contribution >= 0.6 is 0 Å². The van der Waals surface area contributed by atoms with E-state index in [0.29, 0.717) is 25.5 Å². The largest absolute Gasteiger partial charge is 0.461 e. The van der Waals surface area contributed by atoms with Gasteiger partial charge in [-0.3, -0.25) is 0 Å². The third-order valence-electron chi connectivity index (χ3n) is 2.14. The molecule has 4 heteroatoms. The summed E-state index contributed by atoms with van der Waals surface area (Å²) in [5.74, 6) is -0.275. The van der Waals surface area contributed by atoms with E-state index < -0.39 is 0 Å². The van der Waals surface area contributed by atoms with Crippen LogP contribution in [0.5, 0.6) is 0 Å². The van der Waals surface area contributed by atoms with Crippen molar-refractivity contribution in [3.8, 4) is 0 Å². The van der Waals surface area contributed by atoms with Gasteiger partial charge in [-0.15, -0.1) is 0 Å². The predicted octanol–water partition coefficient (Wildman–Crippen LogP) is 2.09. The second-order valence-corrected chi connectivity index (χ2v) is 3.42. The highest BCUT2D eigenvalue weighted by Gasteiger charge is 2.10. The second kappa shape index (κ2) is 7.06. The summed E-state index contributed by atoms with van der Waals surface area (Å²) in [4.78, 5) is 11.5. The molecule has 0 saturated carbocycles. The quantitative estimate of drug-likeness (QED) is 0.527. The fraction of sp³-hybridized carbons (Fsp3) is 0.583. The van der Waals surface area contributed by atoms with Crippen molar-refractivity contribution >= 4 is 5.97 Å². The maximum Gasteiger partial charge on any atom is 0.354 e. The molecular weight excluding hydrogens is 206 g/mol. The van der Waals surface area contributed by atoms with Gasteiger partial charge in [0, 0.05) is 19.3 Å². The number of carbonyl (C=O) groups excluding carboxylic acids is 1. The molecule has 0 aliphatic heterocycles. The molecule has 90 valence electrons. The molecule has 16 heavy (non-hydrogen) atoms. The van der Waals surface area contributed by atoms with E-state index in [4.69, 9.17) is 9.47 Å². The minimum absolute atomic E-state index is 0.275. The molecule has 0 aromatic carbocycles. The van der Waals surface area contributed by atoms with E-state index in [1.807, 2.05) is 16.8 Å². The van der Waals surface area contributed by atoms with E-state index in [9.17, 15) is 4.79 Å². The van der Waals surface area contributed by atoms with Crippen LogP contribution < -0.4 is 0 Å². The average Bonchev–Trinajstić information content (AvgIpc) is 2.73. The molecule has 0 aliphatic rings. The molecular formula is C12H19NO3. The zero-order valence-electron chi connectivity index (χ0n) is 9.94. The van der Waals surface area contributed by atoms with Crippen LogP contribution in [-0.2, 0) is 16.0 Å². The summed E-state index contributed by atoms with van der Waals surface area (Å²) in [6.07, 6.45) is 2.87. The molecule has 0 atom stereocenters. The van der Waals surface area contributed by atoms with Crippen molar-refractivity contribution in [2.75, 3.05) is 19.8 Å². The minimum atomic E-state index is -0.275. The lowest BCUT2D eigenvalue weighted by atomic mass is 10.4. The highest BCUT2D eigenvalue weighted by molar-refractivity contribution is 5.87. The van der Waals surface area contributed by atoms with Gasteiger partial charge >= 0.3 is 5.97 Å². The summed E-state index contributed by atoms with van der Waals surface area (Å²) in [5.41, 5.74) is 0.585. The lowest BCUT2D eigenvalue weighted by Gasteiger charge is -2.08. The second-order valence-electron chi connectivity index (χ2n) is 3.42. The molecule has 0 saturated heterocycles. The Hall–Kier alpha value is -1.29. The SMILES string of the molecule is CCCOCCn1cccc1C(=O)OCC. The van der Waals surface area contributed by atoms with Gasteiger partial charge in [0.05, 0.1) is 13.2 Å². The van der Waals surface area contributed by atoms with Crippen molar-refractivity contribution < 1.29 is 14.3 Å². The standard InChI is InChI=1S/C12H19NO3/c1-3-9-15-10-8-13-7-5-6-11(13)12(14)16-4-2/h5-7H,3-4,8-10H2,1-2H3. The average molecular weight is 225 g/mol. The van der Waals surface area contributed by atoms with Crippen LogP contribution in [-0.4, -0.2) is 30.4 Å². The van der Waals surface area contributed by atoms with Gasteiger partial charge < -0.3 is 14.0 Å². The number of esters is 1. The lowest BCUT2D eigenvalue weighted by Crippen LogP contribution is -2.14. The number of aromatic nitrogens is 1. The third-order valence-corrected chi connectivity index (χ3v) is 2.14. The highest BCUT2D eigenvalue weighted by atomic mass is 16.5. The maximum absolute atomic E-state index is 11.5. The van der Waals surface area contributed by atoms with E-state index in [2.05, 4.69) is 6.92 Å². The summed E-state index contributed by atoms with van der Waals surface area (Å²) < 4.78 is 12.2. The Kier molecular flexibility index (Phi) is 5.64. The molecule has 0 radical (unpaired) electrons. The smallest absolute Gasteiger partial charge is 0.354 e. The molecule has 0 amide bonds. The van der Waals surface area contributed by atoms with E-state index in [-0.39, 0.29) is 5.97 Å². The Balaban J connectivity index is 2.47. The Morgan fingerprint density at radius 1 is 1.38 bits per heavy atom. The Morgan fingerprint density at radius 3 is 2.88 bits per heavy atom. The molecule has 0 bridgehead atoms. The molecule has 0 fully saturated rings. The summed E-state index contributed by atoms with van der Waals surface area (Å²) in [6, 6.07) is 3.60. The first-order valence-corrected chi connectivity index (χ1v) is 5.69. The summed E-state index contributed by atoms with van der Waals surface area (Å²) in [7, 11) is 0. The van der Waals surface area contributed by atoms with Crippen molar-refractivity contribution in [2.45, 2.75) is 26.8 Å². The zero-order chi connectivity index (χ0) is 11.8. The number of ether oxygens (including phenoxy) is 2. The summed E-state index contributed by atoms with van der Waals surface area (Å²) in [6.45, 7) is 6.33. The third kappa shape index (κ3) is 3.70. The summed E-state index contributed by atoms with van der Waals surface area (Å²) >= 11 is 0. The molecule has 4 nitrogen and oxygen atoms in total. The maximum atomic E-state index is 11.5. The van der Waals surface area contributed by atoms with Gasteiger partial charge in [0.2, 0.25) is 0 Å². The number of hydrogen-bond donors (Lipinski definition) is 0. The van der Waals surface area contributed by atoms with Gasteiger partial charge in [-0.2, -0.15) is 0 Å². The van der Waals surface area contributed by atoms with Crippen LogP contribution in [0.1, 0.15) is 30.8 Å². The van der Waals surface area contributed by atoms with Crippen LogP contribution in [0.25, 0.3) is 0 Å². The number of rotatable bonds is 7. The van der Waals surface area contributed by atoms with Gasteiger partial charge in [-0.25, -0.2) is 4.79 Å². The first-order chi connectivity index (χ1) is 7.79. The van der Waals surface area contributed by atoms with Gasteiger partial charge in [-0.05, 0) is 25.5 Å². The Labute approximate surface area is 96.2 Å². The monoisotopic (exact) mass is 225 g/mol. The van der Waals surface area contributed by atoms with E-state index in [1.54, 1.807) is 13.0 Å².